The van der Waals surface area contributed by atoms with Crippen LogP contribution in [0, 0.1) is 0 Å². The highest BCUT2D eigenvalue weighted by Crippen LogP contribution is 2.16. The van der Waals surface area contributed by atoms with Gasteiger partial charge in [-0.3, -0.25) is 4.99 Å². The van der Waals surface area contributed by atoms with Crippen molar-refractivity contribution in [2.24, 2.45) is 10.7 Å². The lowest BCUT2D eigenvalue weighted by Crippen LogP contribution is -2.44. The summed E-state index contributed by atoms with van der Waals surface area (Å²) in [5.74, 6) is 0. The Morgan fingerprint density at radius 1 is 1.36 bits per heavy atom. The van der Waals surface area contributed by atoms with E-state index >= 15 is 0 Å². The number of hydrogen-bond donors (Lipinski definition) is 1. The van der Waals surface area contributed by atoms with Crippen LogP contribution in [0.5, 0.6) is 0 Å². The SMILES string of the molecule is NC1CN=CCC1OC1CCOCC1. The molecule has 2 atom stereocenters. The molecule has 4 nitrogen and oxygen atoms in total. The summed E-state index contributed by atoms with van der Waals surface area (Å²) in [6.45, 7) is 2.34. The molecule has 0 aromatic heterocycles. The number of nitrogens with zero attached hydrogens (tertiary/aromatic N) is 1. The Balaban J connectivity index is 1.80. The summed E-state index contributed by atoms with van der Waals surface area (Å²) in [6.07, 6.45) is 5.29. The molecule has 1 fully saturated rings. The molecule has 4 heteroatoms. The number of rotatable bonds is 2. The van der Waals surface area contributed by atoms with Crippen molar-refractivity contribution < 1.29 is 9.47 Å². The molecule has 2 aliphatic heterocycles. The van der Waals surface area contributed by atoms with Gasteiger partial charge in [0.05, 0.1) is 24.8 Å². The van der Waals surface area contributed by atoms with Gasteiger partial charge in [-0.1, -0.05) is 0 Å². The molecule has 0 aromatic rings. The molecular formula is C10H18N2O2. The zero-order valence-electron chi connectivity index (χ0n) is 8.39. The number of ether oxygens (including phenoxy) is 2. The van der Waals surface area contributed by atoms with Crippen LogP contribution < -0.4 is 5.73 Å². The fourth-order valence-corrected chi connectivity index (χ4v) is 1.88. The summed E-state index contributed by atoms with van der Waals surface area (Å²) in [5.41, 5.74) is 5.93. The van der Waals surface area contributed by atoms with Gasteiger partial charge < -0.3 is 15.2 Å². The molecule has 14 heavy (non-hydrogen) atoms. The van der Waals surface area contributed by atoms with Gasteiger partial charge >= 0.3 is 0 Å². The molecule has 2 N–H and O–H groups in total. The van der Waals surface area contributed by atoms with E-state index in [2.05, 4.69) is 4.99 Å². The Labute approximate surface area is 84.5 Å². The third-order valence-corrected chi connectivity index (χ3v) is 2.80. The second-order valence-corrected chi connectivity index (χ2v) is 3.93. The highest BCUT2D eigenvalue weighted by atomic mass is 16.5. The fourth-order valence-electron chi connectivity index (χ4n) is 1.88. The van der Waals surface area contributed by atoms with E-state index < -0.39 is 0 Å². The zero-order chi connectivity index (χ0) is 9.80. The first-order valence-corrected chi connectivity index (χ1v) is 5.33. The Morgan fingerprint density at radius 3 is 2.86 bits per heavy atom. The van der Waals surface area contributed by atoms with Crippen LogP contribution in [-0.4, -0.2) is 44.2 Å². The second-order valence-electron chi connectivity index (χ2n) is 3.93. The highest BCUT2D eigenvalue weighted by molar-refractivity contribution is 5.59. The summed E-state index contributed by atoms with van der Waals surface area (Å²) in [5, 5.41) is 0. The van der Waals surface area contributed by atoms with Gasteiger partial charge in [-0.15, -0.1) is 0 Å². The first-order chi connectivity index (χ1) is 6.86. The van der Waals surface area contributed by atoms with Crippen molar-refractivity contribution in [1.29, 1.82) is 0 Å². The van der Waals surface area contributed by atoms with E-state index in [1.54, 1.807) is 0 Å². The van der Waals surface area contributed by atoms with Crippen molar-refractivity contribution in [1.82, 2.24) is 0 Å². The first-order valence-electron chi connectivity index (χ1n) is 5.33. The standard InChI is InChI=1S/C10H18N2O2/c11-9-7-12-4-1-10(9)14-8-2-5-13-6-3-8/h4,8-10H,1-3,5-7,11H2. The monoisotopic (exact) mass is 198 g/mol. The highest BCUT2D eigenvalue weighted by Gasteiger charge is 2.25. The maximum atomic E-state index is 5.95. The van der Waals surface area contributed by atoms with Crippen LogP contribution in [-0.2, 0) is 9.47 Å². The van der Waals surface area contributed by atoms with Gasteiger partial charge in [-0.25, -0.2) is 0 Å². The second kappa shape index (κ2) is 4.87. The molecule has 2 unspecified atom stereocenters. The number of nitrogens with two attached hydrogens (primary N) is 1. The summed E-state index contributed by atoms with van der Waals surface area (Å²) in [7, 11) is 0. The van der Waals surface area contributed by atoms with Gasteiger partial charge in [0.2, 0.25) is 0 Å². The maximum absolute atomic E-state index is 5.95. The summed E-state index contributed by atoms with van der Waals surface area (Å²) >= 11 is 0. The molecule has 2 heterocycles. The van der Waals surface area contributed by atoms with Crippen LogP contribution in [0.3, 0.4) is 0 Å². The molecule has 1 saturated heterocycles. The molecule has 0 aliphatic carbocycles. The molecule has 0 amide bonds. The lowest BCUT2D eigenvalue weighted by Gasteiger charge is -2.31. The summed E-state index contributed by atoms with van der Waals surface area (Å²) < 4.78 is 11.2. The molecular weight excluding hydrogens is 180 g/mol. The molecule has 2 rings (SSSR count). The third kappa shape index (κ3) is 2.53. The van der Waals surface area contributed by atoms with Crippen LogP contribution in [0.25, 0.3) is 0 Å². The van der Waals surface area contributed by atoms with E-state index in [-0.39, 0.29) is 12.1 Å². The van der Waals surface area contributed by atoms with Crippen molar-refractivity contribution in [2.45, 2.75) is 37.5 Å². The zero-order valence-corrected chi connectivity index (χ0v) is 8.39. The molecule has 80 valence electrons. The minimum absolute atomic E-state index is 0.0721. The van der Waals surface area contributed by atoms with Crippen LogP contribution in [0.4, 0.5) is 0 Å². The van der Waals surface area contributed by atoms with E-state index in [1.165, 1.54) is 0 Å². The summed E-state index contributed by atoms with van der Waals surface area (Å²) in [6, 6.07) is 0.0721. The van der Waals surface area contributed by atoms with Crippen molar-refractivity contribution in [3.8, 4) is 0 Å². The Kier molecular flexibility index (Phi) is 3.50. The van der Waals surface area contributed by atoms with Gasteiger partial charge in [0.15, 0.2) is 0 Å². The molecule has 0 aromatic carbocycles. The van der Waals surface area contributed by atoms with Gasteiger partial charge in [-0.05, 0) is 12.8 Å². The minimum atomic E-state index is 0.0721. The normalized spacial score (nSPS) is 34.6. The average molecular weight is 198 g/mol. The first kappa shape index (κ1) is 10.1. The van der Waals surface area contributed by atoms with Crippen LogP contribution in [0.15, 0.2) is 4.99 Å². The molecule has 0 radical (unpaired) electrons. The van der Waals surface area contributed by atoms with Crippen molar-refractivity contribution in [2.75, 3.05) is 19.8 Å². The Hall–Kier alpha value is -0.450. The largest absolute Gasteiger partial charge is 0.381 e. The quantitative estimate of drug-likeness (QED) is 0.696. The third-order valence-electron chi connectivity index (χ3n) is 2.80. The summed E-state index contributed by atoms with van der Waals surface area (Å²) in [4.78, 5) is 4.15. The van der Waals surface area contributed by atoms with Gasteiger partial charge in [0, 0.05) is 25.8 Å². The van der Waals surface area contributed by atoms with Gasteiger partial charge in [0.25, 0.3) is 0 Å². The topological polar surface area (TPSA) is 56.8 Å². The Morgan fingerprint density at radius 2 is 2.14 bits per heavy atom. The fraction of sp³-hybridized carbons (Fsp3) is 0.900. The predicted molar refractivity (Wildman–Crippen MR) is 54.7 cm³/mol. The van der Waals surface area contributed by atoms with Crippen molar-refractivity contribution in [3.63, 3.8) is 0 Å². The maximum Gasteiger partial charge on any atom is 0.0796 e. The molecule has 0 bridgehead atoms. The minimum Gasteiger partial charge on any atom is -0.381 e. The van der Waals surface area contributed by atoms with Crippen LogP contribution in [0.2, 0.25) is 0 Å². The number of aliphatic imine (C=N–C) groups is 1. The van der Waals surface area contributed by atoms with E-state index in [0.29, 0.717) is 12.6 Å². The van der Waals surface area contributed by atoms with Gasteiger partial charge in [-0.2, -0.15) is 0 Å². The smallest absolute Gasteiger partial charge is 0.0796 e. The van der Waals surface area contributed by atoms with Crippen molar-refractivity contribution >= 4 is 6.21 Å². The lowest BCUT2D eigenvalue weighted by atomic mass is 10.1. The molecule has 0 spiro atoms. The van der Waals surface area contributed by atoms with Crippen molar-refractivity contribution in [3.05, 3.63) is 0 Å². The predicted octanol–water partition coefficient (Wildman–Crippen LogP) is 0.352. The average Bonchev–Trinajstić information content (AvgIpc) is 2.23. The molecule has 0 saturated carbocycles. The van der Waals surface area contributed by atoms with Crippen LogP contribution in [0.1, 0.15) is 19.3 Å². The van der Waals surface area contributed by atoms with E-state index in [4.69, 9.17) is 15.2 Å². The van der Waals surface area contributed by atoms with Crippen LogP contribution >= 0.6 is 0 Å². The van der Waals surface area contributed by atoms with E-state index in [0.717, 1.165) is 32.5 Å². The van der Waals surface area contributed by atoms with E-state index in [1.807, 2.05) is 6.21 Å². The lowest BCUT2D eigenvalue weighted by molar-refractivity contribution is -0.0729. The molecule has 2 aliphatic rings. The number of hydrogen-bond acceptors (Lipinski definition) is 4. The van der Waals surface area contributed by atoms with E-state index in [9.17, 15) is 0 Å². The Bertz CT molecular complexity index is 202. The van der Waals surface area contributed by atoms with Gasteiger partial charge in [0.1, 0.15) is 0 Å².